The molecule has 0 saturated heterocycles. The first-order valence-corrected chi connectivity index (χ1v) is 14.1. The van der Waals surface area contributed by atoms with Gasteiger partial charge < -0.3 is 9.04 Å². The van der Waals surface area contributed by atoms with Crippen LogP contribution in [0.5, 0.6) is 0 Å². The van der Waals surface area contributed by atoms with Crippen molar-refractivity contribution in [3.63, 3.8) is 0 Å². The largest absolute Gasteiger partial charge is 0.725 e. The van der Waals surface area contributed by atoms with Crippen LogP contribution >= 0.6 is 0 Å². The maximum Gasteiger partial charge on any atom is 0.411 e. The lowest BCUT2D eigenvalue weighted by atomic mass is 10.1. The third-order valence-corrected chi connectivity index (χ3v) is 6.47. The highest BCUT2D eigenvalue weighted by Crippen LogP contribution is 2.18. The number of hydrogen-bond acceptors (Lipinski definition) is 6. The molecule has 8 nitrogen and oxygen atoms in total. The minimum absolute atomic E-state index is 1.36. The van der Waals surface area contributed by atoms with Gasteiger partial charge in [0, 0.05) is 0 Å². The molecule has 0 amide bonds. The summed E-state index contributed by atoms with van der Waals surface area (Å²) >= 11 is 0. The standard InChI is InChI=1S/C20H44N.H2O7S2/c1-5-9-13-17-21(18-14-10-6-2,19-15-11-7-3)20-16-12-8-4;1-8(2,3)7-9(4,5)6/h5-20H2,1-4H3;(H,1,2,3)(H,4,5,6)/q+1;/p-1. The van der Waals surface area contributed by atoms with E-state index in [1.807, 2.05) is 0 Å². The third-order valence-electron chi connectivity index (χ3n) is 5.11. The summed E-state index contributed by atoms with van der Waals surface area (Å²) < 4.78 is 58.3. The Morgan fingerprint density at radius 1 is 0.633 bits per heavy atom. The lowest BCUT2D eigenvalue weighted by Gasteiger charge is -2.39. The molecular formula is C20H45NO7S2. The zero-order valence-corrected chi connectivity index (χ0v) is 21.1. The average Bonchev–Trinajstić information content (AvgIpc) is 2.60. The molecule has 0 atom stereocenters. The van der Waals surface area contributed by atoms with Gasteiger partial charge in [0.05, 0.1) is 26.2 Å². The molecule has 0 aliphatic rings. The highest BCUT2D eigenvalue weighted by Gasteiger charge is 2.25. The maximum atomic E-state index is 9.40. The highest BCUT2D eigenvalue weighted by molar-refractivity contribution is 7.94. The van der Waals surface area contributed by atoms with Gasteiger partial charge in [0.1, 0.15) is 0 Å². The van der Waals surface area contributed by atoms with Gasteiger partial charge in [0.15, 0.2) is 0 Å². The zero-order valence-electron chi connectivity index (χ0n) is 19.5. The summed E-state index contributed by atoms with van der Waals surface area (Å²) in [6.07, 6.45) is 16.9. The molecule has 0 unspecified atom stereocenters. The van der Waals surface area contributed by atoms with E-state index in [1.54, 1.807) is 0 Å². The third kappa shape index (κ3) is 22.4. The van der Waals surface area contributed by atoms with Crippen LogP contribution in [-0.2, 0) is 24.4 Å². The van der Waals surface area contributed by atoms with Crippen LogP contribution in [0.15, 0.2) is 0 Å². The van der Waals surface area contributed by atoms with Crippen molar-refractivity contribution < 1.29 is 34.1 Å². The van der Waals surface area contributed by atoms with Crippen LogP contribution in [0.1, 0.15) is 105 Å². The van der Waals surface area contributed by atoms with Crippen LogP contribution in [0.2, 0.25) is 0 Å². The molecule has 0 bridgehead atoms. The SMILES string of the molecule is CCCCC[N+](CCCCC)(CCCCC)CCCCC.O=S(=O)([O-])OS(=O)(=O)O. The number of nitrogens with zero attached hydrogens (tertiary/aromatic N) is 1. The molecule has 184 valence electrons. The summed E-state index contributed by atoms with van der Waals surface area (Å²) in [5.74, 6) is 0. The second kappa shape index (κ2) is 18.3. The van der Waals surface area contributed by atoms with E-state index in [4.69, 9.17) is 4.55 Å². The van der Waals surface area contributed by atoms with E-state index in [9.17, 15) is 21.4 Å². The molecule has 0 aromatic heterocycles. The summed E-state index contributed by atoms with van der Waals surface area (Å²) in [6.45, 7) is 15.1. The molecule has 0 saturated carbocycles. The van der Waals surface area contributed by atoms with Gasteiger partial charge in [-0.1, -0.05) is 53.4 Å². The summed E-state index contributed by atoms with van der Waals surface area (Å²) in [6, 6.07) is 0. The minimum Gasteiger partial charge on any atom is -0.725 e. The fourth-order valence-electron chi connectivity index (χ4n) is 3.56. The van der Waals surface area contributed by atoms with Crippen LogP contribution < -0.4 is 0 Å². The summed E-state index contributed by atoms with van der Waals surface area (Å²) in [5, 5.41) is 0. The first-order valence-electron chi connectivity index (χ1n) is 11.4. The molecule has 0 rings (SSSR count). The van der Waals surface area contributed by atoms with E-state index in [0.29, 0.717) is 0 Å². The van der Waals surface area contributed by atoms with E-state index in [1.165, 1.54) is 108 Å². The van der Waals surface area contributed by atoms with Crippen molar-refractivity contribution in [3.8, 4) is 0 Å². The molecule has 30 heavy (non-hydrogen) atoms. The van der Waals surface area contributed by atoms with Crippen LogP contribution in [0.25, 0.3) is 0 Å². The smallest absolute Gasteiger partial charge is 0.411 e. The summed E-state index contributed by atoms with van der Waals surface area (Å²) in [5.41, 5.74) is 0. The van der Waals surface area contributed by atoms with Gasteiger partial charge in [0.2, 0.25) is 10.4 Å². The average molecular weight is 476 g/mol. The predicted molar refractivity (Wildman–Crippen MR) is 120 cm³/mol. The molecule has 0 aromatic rings. The van der Waals surface area contributed by atoms with Crippen molar-refractivity contribution in [2.45, 2.75) is 105 Å². The van der Waals surface area contributed by atoms with E-state index in [-0.39, 0.29) is 0 Å². The normalized spacial score (nSPS) is 12.5. The van der Waals surface area contributed by atoms with Gasteiger partial charge in [-0.15, -0.1) is 3.63 Å². The maximum absolute atomic E-state index is 9.40. The molecule has 0 aliphatic heterocycles. The lowest BCUT2D eigenvalue weighted by Crippen LogP contribution is -2.50. The Kier molecular flexibility index (Phi) is 19.5. The Morgan fingerprint density at radius 2 is 0.900 bits per heavy atom. The number of rotatable bonds is 18. The minimum atomic E-state index is -5.37. The van der Waals surface area contributed by atoms with Crippen molar-refractivity contribution >= 4 is 20.8 Å². The van der Waals surface area contributed by atoms with Crippen LogP contribution in [-0.4, -0.2) is 56.6 Å². The van der Waals surface area contributed by atoms with Crippen LogP contribution in [0.4, 0.5) is 0 Å². The topological polar surface area (TPSA) is 121 Å². The predicted octanol–water partition coefficient (Wildman–Crippen LogP) is 4.83. The van der Waals surface area contributed by atoms with Crippen molar-refractivity contribution in [2.75, 3.05) is 26.2 Å². The second-order valence-corrected chi connectivity index (χ2v) is 10.2. The van der Waals surface area contributed by atoms with Gasteiger partial charge in [-0.2, -0.15) is 8.42 Å². The van der Waals surface area contributed by atoms with E-state index in [0.717, 1.165) is 0 Å². The molecule has 0 aromatic carbocycles. The number of unbranched alkanes of at least 4 members (excludes halogenated alkanes) is 8. The molecule has 1 N–H and O–H groups in total. The fourth-order valence-corrected chi connectivity index (χ4v) is 4.41. The first-order chi connectivity index (χ1) is 13.9. The molecular weight excluding hydrogens is 430 g/mol. The quantitative estimate of drug-likeness (QED) is 0.130. The van der Waals surface area contributed by atoms with Crippen molar-refractivity contribution in [3.05, 3.63) is 0 Å². The Balaban J connectivity index is 0. The van der Waals surface area contributed by atoms with Gasteiger partial charge in [-0.3, -0.25) is 4.55 Å². The Labute approximate surface area is 185 Å². The molecule has 0 spiro atoms. The molecule has 10 heteroatoms. The van der Waals surface area contributed by atoms with Gasteiger partial charge in [-0.25, -0.2) is 8.42 Å². The summed E-state index contributed by atoms with van der Waals surface area (Å²) in [4.78, 5) is 0. The number of quaternary nitrogens is 1. The van der Waals surface area contributed by atoms with Gasteiger partial charge in [0.25, 0.3) is 0 Å². The Bertz CT molecular complexity index is 517. The first kappa shape index (κ1) is 31.9. The molecule has 0 fully saturated rings. The van der Waals surface area contributed by atoms with Crippen molar-refractivity contribution in [1.29, 1.82) is 0 Å². The summed E-state index contributed by atoms with van der Waals surface area (Å²) in [7, 11) is -10.6. The molecule has 0 aliphatic carbocycles. The van der Waals surface area contributed by atoms with Crippen LogP contribution in [0.3, 0.4) is 0 Å². The van der Waals surface area contributed by atoms with Gasteiger partial charge >= 0.3 is 10.4 Å². The van der Waals surface area contributed by atoms with E-state index >= 15 is 0 Å². The monoisotopic (exact) mass is 475 g/mol. The van der Waals surface area contributed by atoms with Crippen LogP contribution in [0, 0.1) is 0 Å². The Morgan fingerprint density at radius 3 is 1.03 bits per heavy atom. The van der Waals surface area contributed by atoms with Gasteiger partial charge in [-0.05, 0) is 51.4 Å². The van der Waals surface area contributed by atoms with Crippen molar-refractivity contribution in [1.82, 2.24) is 0 Å². The fraction of sp³-hybridized carbons (Fsp3) is 1.00. The molecule has 0 heterocycles. The lowest BCUT2D eigenvalue weighted by molar-refractivity contribution is -0.929. The van der Waals surface area contributed by atoms with Crippen molar-refractivity contribution in [2.24, 2.45) is 0 Å². The van der Waals surface area contributed by atoms with E-state index in [2.05, 4.69) is 31.3 Å². The number of hydrogen-bond donors (Lipinski definition) is 1. The second-order valence-electron chi connectivity index (χ2n) is 7.97. The highest BCUT2D eigenvalue weighted by atomic mass is 32.3. The van der Waals surface area contributed by atoms with E-state index < -0.39 is 20.8 Å². The Hall–Kier alpha value is -0.260. The molecule has 0 radical (unpaired) electrons. The zero-order chi connectivity index (χ0) is 23.5.